The number of carbonyl (C=O) groups is 1. The smallest absolute Gasteiger partial charge is 0.166 e. The second-order valence-electron chi connectivity index (χ2n) is 10.3. The highest BCUT2D eigenvalue weighted by Gasteiger charge is 2.52. The lowest BCUT2D eigenvalue weighted by Gasteiger charge is -2.35. The number of aliphatic hydroxyl groups is 1. The number of Topliss-reactive ketones (excluding diaryl/α,β-unsaturated/α-hetero) is 1. The van der Waals surface area contributed by atoms with Gasteiger partial charge in [-0.25, -0.2) is 0 Å². The van der Waals surface area contributed by atoms with Crippen molar-refractivity contribution >= 4 is 5.78 Å². The number of carbonyl (C=O) groups excluding carboxylic acids is 1. The molecule has 198 valence electrons. The molecule has 0 radical (unpaired) electrons. The van der Waals surface area contributed by atoms with Gasteiger partial charge in [-0.3, -0.25) is 9.69 Å². The summed E-state index contributed by atoms with van der Waals surface area (Å²) in [6.45, 7) is 2.81. The van der Waals surface area contributed by atoms with Crippen LogP contribution in [0.15, 0.2) is 42.5 Å². The lowest BCUT2D eigenvalue weighted by molar-refractivity contribution is 0.0809. The quantitative estimate of drug-likeness (QED) is 0.284. The number of aliphatic hydroxyl groups excluding tert-OH is 1. The molecule has 1 spiro atoms. The Balaban J connectivity index is 1.19. The summed E-state index contributed by atoms with van der Waals surface area (Å²) in [5, 5.41) is 10.3. The first-order valence-corrected chi connectivity index (χ1v) is 13.2. The van der Waals surface area contributed by atoms with Crippen molar-refractivity contribution in [3.05, 3.63) is 59.2 Å². The molecule has 0 saturated carbocycles. The highest BCUT2D eigenvalue weighted by Crippen LogP contribution is 2.55. The van der Waals surface area contributed by atoms with Gasteiger partial charge in [0.05, 0.1) is 32.8 Å². The summed E-state index contributed by atoms with van der Waals surface area (Å²) in [6, 6.07) is 9.52. The fraction of sp³-hybridized carbons (Fsp3) is 0.500. The summed E-state index contributed by atoms with van der Waals surface area (Å²) >= 11 is 0. The fourth-order valence-electron chi connectivity index (χ4n) is 6.14. The predicted octanol–water partition coefficient (Wildman–Crippen LogP) is 4.68. The second kappa shape index (κ2) is 10.8. The number of ether oxygens (including phenoxy) is 4. The molecule has 0 amide bonds. The van der Waals surface area contributed by atoms with Crippen LogP contribution in [0.4, 0.5) is 0 Å². The van der Waals surface area contributed by atoms with Crippen LogP contribution in [0.1, 0.15) is 60.0 Å². The van der Waals surface area contributed by atoms with Crippen molar-refractivity contribution in [1.82, 2.24) is 4.90 Å². The Morgan fingerprint density at radius 2 is 1.84 bits per heavy atom. The normalized spacial score (nSPS) is 24.0. The minimum Gasteiger partial charge on any atom is -0.493 e. The highest BCUT2D eigenvalue weighted by atomic mass is 16.5. The maximum absolute atomic E-state index is 12.7. The molecule has 2 heterocycles. The largest absolute Gasteiger partial charge is 0.493 e. The van der Waals surface area contributed by atoms with E-state index in [1.54, 1.807) is 39.5 Å². The molecule has 7 heteroatoms. The van der Waals surface area contributed by atoms with E-state index in [1.165, 1.54) is 11.1 Å². The van der Waals surface area contributed by atoms with E-state index in [9.17, 15) is 9.90 Å². The Hall–Kier alpha value is -3.03. The second-order valence-corrected chi connectivity index (χ2v) is 10.3. The summed E-state index contributed by atoms with van der Waals surface area (Å²) in [4.78, 5) is 15.2. The Morgan fingerprint density at radius 3 is 2.62 bits per heavy atom. The Kier molecular flexibility index (Phi) is 7.45. The molecular weight excluding hydrogens is 470 g/mol. The third-order valence-corrected chi connectivity index (χ3v) is 8.12. The first-order valence-electron chi connectivity index (χ1n) is 13.2. The highest BCUT2D eigenvalue weighted by molar-refractivity contribution is 5.96. The molecule has 2 aromatic rings. The minimum atomic E-state index is -0.472. The summed E-state index contributed by atoms with van der Waals surface area (Å²) < 4.78 is 22.6. The van der Waals surface area contributed by atoms with E-state index in [-0.39, 0.29) is 17.3 Å². The lowest BCUT2D eigenvalue weighted by Crippen LogP contribution is -2.43. The molecule has 0 fully saturated rings. The molecule has 3 atom stereocenters. The molecule has 0 bridgehead atoms. The predicted molar refractivity (Wildman–Crippen MR) is 141 cm³/mol. The summed E-state index contributed by atoms with van der Waals surface area (Å²) in [7, 11) is 4.85. The van der Waals surface area contributed by atoms with Gasteiger partial charge in [-0.2, -0.15) is 0 Å². The maximum Gasteiger partial charge on any atom is 0.166 e. The van der Waals surface area contributed by atoms with Gasteiger partial charge >= 0.3 is 0 Å². The third-order valence-electron chi connectivity index (χ3n) is 8.12. The number of rotatable bonds is 10. The molecule has 0 saturated heterocycles. The van der Waals surface area contributed by atoms with E-state index >= 15 is 0 Å². The van der Waals surface area contributed by atoms with Crippen molar-refractivity contribution in [3.63, 3.8) is 0 Å². The van der Waals surface area contributed by atoms with Crippen molar-refractivity contribution in [2.24, 2.45) is 0 Å². The zero-order chi connectivity index (χ0) is 26.0. The molecule has 1 N–H and O–H groups in total. The average Bonchev–Trinajstić information content (AvgIpc) is 3.16. The molecule has 2 aromatic carbocycles. The van der Waals surface area contributed by atoms with Crippen LogP contribution < -0.4 is 18.9 Å². The minimum absolute atomic E-state index is 0.0694. The Labute approximate surface area is 219 Å². The van der Waals surface area contributed by atoms with Crippen LogP contribution in [-0.4, -0.2) is 62.4 Å². The number of benzene rings is 2. The first kappa shape index (κ1) is 25.6. The number of nitrogens with zero attached hydrogens (tertiary/aromatic N) is 1. The lowest BCUT2D eigenvalue weighted by atomic mass is 9.69. The summed E-state index contributed by atoms with van der Waals surface area (Å²) in [6.07, 6.45) is 8.55. The van der Waals surface area contributed by atoms with Gasteiger partial charge in [-0.15, -0.1) is 0 Å². The average molecular weight is 508 g/mol. The number of unbranched alkanes of at least 4 members (excludes halogenated alkanes) is 2. The van der Waals surface area contributed by atoms with Gasteiger partial charge in [0.1, 0.15) is 6.10 Å². The third kappa shape index (κ3) is 4.82. The molecule has 3 aliphatic rings. The molecule has 0 aromatic heterocycles. The van der Waals surface area contributed by atoms with E-state index in [0.717, 1.165) is 56.8 Å². The van der Waals surface area contributed by atoms with Crippen LogP contribution >= 0.6 is 0 Å². The molecule has 7 nitrogen and oxygen atoms in total. The van der Waals surface area contributed by atoms with E-state index in [2.05, 4.69) is 17.0 Å². The molecule has 2 aliphatic heterocycles. The number of ketones is 1. The molecule has 0 unspecified atom stereocenters. The van der Waals surface area contributed by atoms with E-state index in [4.69, 9.17) is 18.9 Å². The van der Waals surface area contributed by atoms with Crippen molar-refractivity contribution < 1.29 is 28.8 Å². The monoisotopic (exact) mass is 507 g/mol. The molecule has 37 heavy (non-hydrogen) atoms. The van der Waals surface area contributed by atoms with E-state index < -0.39 is 6.10 Å². The van der Waals surface area contributed by atoms with Crippen LogP contribution in [0.2, 0.25) is 0 Å². The van der Waals surface area contributed by atoms with E-state index in [0.29, 0.717) is 29.9 Å². The van der Waals surface area contributed by atoms with Crippen molar-refractivity contribution in [2.75, 3.05) is 34.4 Å². The number of methoxy groups -OCH3 is 3. The van der Waals surface area contributed by atoms with Gasteiger partial charge in [0, 0.05) is 30.5 Å². The van der Waals surface area contributed by atoms with Gasteiger partial charge in [0.25, 0.3) is 0 Å². The van der Waals surface area contributed by atoms with Crippen molar-refractivity contribution in [1.29, 1.82) is 0 Å². The number of hydrogen-bond donors (Lipinski definition) is 1. The molecule has 1 aliphatic carbocycles. The Bertz CT molecular complexity index is 1180. The molecular formula is C30H37NO6. The van der Waals surface area contributed by atoms with Crippen molar-refractivity contribution in [2.45, 2.75) is 62.7 Å². The topological polar surface area (TPSA) is 77.5 Å². The van der Waals surface area contributed by atoms with Crippen LogP contribution in [-0.2, 0) is 12.0 Å². The fourth-order valence-corrected chi connectivity index (χ4v) is 6.14. The standard InChI is InChI=1S/C30H37NO6/c1-34-24-10-8-20(17-26(24)36-3)23(33)7-5-4-6-15-31-16-14-30-13-12-22(32)18-27(30)37-29-25(35-2)11-9-21(19-31)28(29)30/h8-13,17,22,27,32H,4-7,14-16,18-19H2,1-3H3/t22-,27-,30-/m0/s1. The van der Waals surface area contributed by atoms with Crippen LogP contribution in [0.25, 0.3) is 0 Å². The summed E-state index contributed by atoms with van der Waals surface area (Å²) in [5.41, 5.74) is 2.97. The van der Waals surface area contributed by atoms with E-state index in [1.807, 2.05) is 12.1 Å². The zero-order valence-corrected chi connectivity index (χ0v) is 22.0. The summed E-state index contributed by atoms with van der Waals surface area (Å²) in [5.74, 6) is 2.95. The van der Waals surface area contributed by atoms with Gasteiger partial charge in [0.15, 0.2) is 28.8 Å². The van der Waals surface area contributed by atoms with Gasteiger partial charge in [-0.05, 0) is 62.2 Å². The Morgan fingerprint density at radius 1 is 1.05 bits per heavy atom. The number of hydrogen-bond acceptors (Lipinski definition) is 7. The first-order chi connectivity index (χ1) is 18.0. The molecule has 5 rings (SSSR count). The van der Waals surface area contributed by atoms with Gasteiger partial charge in [0.2, 0.25) is 0 Å². The van der Waals surface area contributed by atoms with Crippen LogP contribution in [0.3, 0.4) is 0 Å². The van der Waals surface area contributed by atoms with Gasteiger partial charge < -0.3 is 24.1 Å². The SMILES string of the molecule is COc1ccc(C(=O)CCCCCN2CC[C@@]34C=C[C@H](O)C[C@@H]3Oc3c(OC)ccc(c34)C2)cc1OC. The van der Waals surface area contributed by atoms with Crippen LogP contribution in [0.5, 0.6) is 23.0 Å². The van der Waals surface area contributed by atoms with Gasteiger partial charge in [-0.1, -0.05) is 24.6 Å². The zero-order valence-electron chi connectivity index (χ0n) is 22.0. The maximum atomic E-state index is 12.7. The van der Waals surface area contributed by atoms with Crippen molar-refractivity contribution in [3.8, 4) is 23.0 Å². The van der Waals surface area contributed by atoms with Crippen LogP contribution in [0, 0.1) is 0 Å².